The van der Waals surface area contributed by atoms with Crippen LogP contribution in [0, 0.1) is 23.0 Å². The lowest BCUT2D eigenvalue weighted by molar-refractivity contribution is 1.29. The smallest absolute Gasteiger partial charge is 0.175 e. The highest BCUT2D eigenvalue weighted by Crippen LogP contribution is 2.16. The molecule has 1 aromatic carbocycles. The molecule has 2 N–H and O–H groups in total. The fraction of sp³-hybridized carbons (Fsp3) is 0.111. The molecule has 0 aliphatic heterocycles. The lowest BCUT2D eigenvalue weighted by Crippen LogP contribution is -1.80. The monoisotopic (exact) mass is 189 g/mol. The molecular weight excluding hydrogens is 182 g/mol. The number of benzene rings is 1. The lowest BCUT2D eigenvalue weighted by Gasteiger charge is -1.95. The Morgan fingerprint density at radius 2 is 2.15 bits per heavy atom. The SMILES string of the molecule is Cc1cc(C#N)cc2[nH]c(=S)[nH]c12. The van der Waals surface area contributed by atoms with Crippen LogP contribution in [0.4, 0.5) is 0 Å². The highest BCUT2D eigenvalue weighted by Gasteiger charge is 2.01. The topological polar surface area (TPSA) is 55.4 Å². The van der Waals surface area contributed by atoms with Crippen molar-refractivity contribution < 1.29 is 0 Å². The van der Waals surface area contributed by atoms with Gasteiger partial charge in [0.15, 0.2) is 4.77 Å². The van der Waals surface area contributed by atoms with E-state index in [-0.39, 0.29) is 0 Å². The molecule has 0 saturated carbocycles. The van der Waals surface area contributed by atoms with Crippen molar-refractivity contribution in [2.24, 2.45) is 0 Å². The summed E-state index contributed by atoms with van der Waals surface area (Å²) in [6, 6.07) is 5.72. The summed E-state index contributed by atoms with van der Waals surface area (Å²) in [4.78, 5) is 6.01. The second kappa shape index (κ2) is 2.71. The van der Waals surface area contributed by atoms with Crippen molar-refractivity contribution in [3.63, 3.8) is 0 Å². The highest BCUT2D eigenvalue weighted by molar-refractivity contribution is 7.71. The largest absolute Gasteiger partial charge is 0.331 e. The van der Waals surface area contributed by atoms with E-state index < -0.39 is 0 Å². The molecule has 0 radical (unpaired) electrons. The Morgan fingerprint density at radius 3 is 2.85 bits per heavy atom. The standard InChI is InChI=1S/C9H7N3S/c1-5-2-6(4-10)3-7-8(5)12-9(13)11-7/h2-3H,1H3,(H2,11,12,13). The Kier molecular flexibility index (Phi) is 1.67. The van der Waals surface area contributed by atoms with E-state index in [4.69, 9.17) is 17.5 Å². The van der Waals surface area contributed by atoms with Crippen LogP contribution in [-0.4, -0.2) is 9.97 Å². The summed E-state index contributed by atoms with van der Waals surface area (Å²) in [6.45, 7) is 1.95. The number of rotatable bonds is 0. The van der Waals surface area contributed by atoms with Gasteiger partial charge in [-0.1, -0.05) is 0 Å². The van der Waals surface area contributed by atoms with Crippen molar-refractivity contribution in [2.75, 3.05) is 0 Å². The van der Waals surface area contributed by atoms with Crippen LogP contribution in [0.2, 0.25) is 0 Å². The first-order valence-corrected chi connectivity index (χ1v) is 4.24. The van der Waals surface area contributed by atoms with E-state index >= 15 is 0 Å². The van der Waals surface area contributed by atoms with Crippen molar-refractivity contribution in [3.05, 3.63) is 28.0 Å². The molecule has 0 unspecified atom stereocenters. The third kappa shape index (κ3) is 1.23. The first-order valence-electron chi connectivity index (χ1n) is 3.83. The van der Waals surface area contributed by atoms with E-state index in [1.54, 1.807) is 6.07 Å². The maximum Gasteiger partial charge on any atom is 0.175 e. The summed E-state index contributed by atoms with van der Waals surface area (Å²) < 4.78 is 0.591. The van der Waals surface area contributed by atoms with Gasteiger partial charge in [0.25, 0.3) is 0 Å². The molecule has 1 heterocycles. The maximum atomic E-state index is 8.73. The molecule has 0 spiro atoms. The summed E-state index contributed by atoms with van der Waals surface area (Å²) in [5.74, 6) is 0. The van der Waals surface area contributed by atoms with Crippen molar-refractivity contribution in [1.82, 2.24) is 9.97 Å². The number of nitriles is 1. The van der Waals surface area contributed by atoms with Gasteiger partial charge in [0.05, 0.1) is 22.7 Å². The van der Waals surface area contributed by atoms with E-state index in [1.807, 2.05) is 13.0 Å². The van der Waals surface area contributed by atoms with Crippen LogP contribution < -0.4 is 0 Å². The number of H-pyrrole nitrogens is 2. The number of imidazole rings is 1. The zero-order chi connectivity index (χ0) is 9.42. The van der Waals surface area contributed by atoms with Gasteiger partial charge in [-0.3, -0.25) is 0 Å². The first-order chi connectivity index (χ1) is 6.20. The van der Waals surface area contributed by atoms with Crippen LogP contribution in [0.1, 0.15) is 11.1 Å². The van der Waals surface area contributed by atoms with Crippen LogP contribution in [0.15, 0.2) is 12.1 Å². The zero-order valence-electron chi connectivity index (χ0n) is 7.01. The maximum absolute atomic E-state index is 8.73. The fourth-order valence-corrected chi connectivity index (χ4v) is 1.60. The molecule has 4 heteroatoms. The molecule has 0 amide bonds. The quantitative estimate of drug-likeness (QED) is 0.625. The molecule has 1 aromatic heterocycles. The van der Waals surface area contributed by atoms with Crippen molar-refractivity contribution >= 4 is 23.3 Å². The number of aryl methyl sites for hydroxylation is 1. The predicted molar refractivity (Wildman–Crippen MR) is 52.9 cm³/mol. The normalized spacial score (nSPS) is 10.2. The average molecular weight is 189 g/mol. The van der Waals surface area contributed by atoms with Crippen LogP contribution in [0.5, 0.6) is 0 Å². The van der Waals surface area contributed by atoms with Gasteiger partial charge >= 0.3 is 0 Å². The Hall–Kier alpha value is -1.60. The van der Waals surface area contributed by atoms with E-state index in [1.165, 1.54) is 0 Å². The van der Waals surface area contributed by atoms with E-state index in [9.17, 15) is 0 Å². The minimum absolute atomic E-state index is 0.591. The van der Waals surface area contributed by atoms with Gasteiger partial charge in [-0.05, 0) is 36.8 Å². The van der Waals surface area contributed by atoms with Gasteiger partial charge in [-0.25, -0.2) is 0 Å². The summed E-state index contributed by atoms with van der Waals surface area (Å²) in [6.07, 6.45) is 0. The molecule has 0 atom stereocenters. The second-order valence-corrected chi connectivity index (χ2v) is 3.31. The van der Waals surface area contributed by atoms with E-state index in [0.29, 0.717) is 10.3 Å². The van der Waals surface area contributed by atoms with E-state index in [2.05, 4.69) is 16.0 Å². The lowest BCUT2D eigenvalue weighted by atomic mass is 10.1. The van der Waals surface area contributed by atoms with Gasteiger partial charge in [0.2, 0.25) is 0 Å². The van der Waals surface area contributed by atoms with Crippen molar-refractivity contribution in [2.45, 2.75) is 6.92 Å². The number of aromatic amines is 2. The number of fused-ring (bicyclic) bond motifs is 1. The van der Waals surface area contributed by atoms with Gasteiger partial charge in [0, 0.05) is 0 Å². The summed E-state index contributed by atoms with van der Waals surface area (Å²) in [5.41, 5.74) is 3.54. The van der Waals surface area contributed by atoms with Crippen LogP contribution >= 0.6 is 12.2 Å². The third-order valence-electron chi connectivity index (χ3n) is 1.95. The van der Waals surface area contributed by atoms with Gasteiger partial charge < -0.3 is 9.97 Å². The van der Waals surface area contributed by atoms with Crippen LogP contribution in [0.25, 0.3) is 11.0 Å². The van der Waals surface area contributed by atoms with Gasteiger partial charge in [-0.15, -0.1) is 0 Å². The Morgan fingerprint density at radius 1 is 1.38 bits per heavy atom. The molecule has 0 bridgehead atoms. The molecular formula is C9H7N3S. The molecule has 0 aliphatic carbocycles. The number of nitrogens with one attached hydrogen (secondary N) is 2. The fourth-order valence-electron chi connectivity index (χ4n) is 1.38. The van der Waals surface area contributed by atoms with E-state index in [0.717, 1.165) is 16.6 Å². The zero-order valence-corrected chi connectivity index (χ0v) is 7.83. The summed E-state index contributed by atoms with van der Waals surface area (Å²) in [5, 5.41) is 8.73. The first kappa shape index (κ1) is 8.02. The average Bonchev–Trinajstić information content (AvgIpc) is 2.46. The highest BCUT2D eigenvalue weighted by atomic mass is 32.1. The van der Waals surface area contributed by atoms with Gasteiger partial charge in [-0.2, -0.15) is 5.26 Å². The Bertz CT molecular complexity index is 556. The summed E-state index contributed by atoms with van der Waals surface area (Å²) >= 11 is 4.96. The second-order valence-electron chi connectivity index (χ2n) is 2.91. The van der Waals surface area contributed by atoms with Crippen LogP contribution in [-0.2, 0) is 0 Å². The Labute approximate surface area is 80.0 Å². The van der Waals surface area contributed by atoms with Crippen molar-refractivity contribution in [1.29, 1.82) is 5.26 Å². The summed E-state index contributed by atoms with van der Waals surface area (Å²) in [7, 11) is 0. The third-order valence-corrected chi connectivity index (χ3v) is 2.16. The number of aromatic nitrogens is 2. The molecule has 0 fully saturated rings. The Balaban J connectivity index is 2.93. The molecule has 0 saturated heterocycles. The number of nitrogens with zero attached hydrogens (tertiary/aromatic N) is 1. The molecule has 2 rings (SSSR count). The van der Waals surface area contributed by atoms with Crippen LogP contribution in [0.3, 0.4) is 0 Å². The number of hydrogen-bond acceptors (Lipinski definition) is 2. The minimum Gasteiger partial charge on any atom is -0.331 e. The molecule has 3 nitrogen and oxygen atoms in total. The van der Waals surface area contributed by atoms with Gasteiger partial charge in [0.1, 0.15) is 0 Å². The molecule has 0 aliphatic rings. The predicted octanol–water partition coefficient (Wildman–Crippen LogP) is 2.41. The van der Waals surface area contributed by atoms with Crippen molar-refractivity contribution in [3.8, 4) is 6.07 Å². The minimum atomic E-state index is 0.591. The number of hydrogen-bond donors (Lipinski definition) is 2. The molecule has 13 heavy (non-hydrogen) atoms. The molecule has 64 valence electrons. The molecule has 2 aromatic rings.